The van der Waals surface area contributed by atoms with Gasteiger partial charge in [0.15, 0.2) is 11.5 Å². The Bertz CT molecular complexity index is 1100. The summed E-state index contributed by atoms with van der Waals surface area (Å²) in [6, 6.07) is 6.14. The first-order chi connectivity index (χ1) is 13.7. The molecule has 1 aliphatic heterocycles. The zero-order valence-corrected chi connectivity index (χ0v) is 15.6. The molecular weight excluding hydrogens is 412 g/mol. The summed E-state index contributed by atoms with van der Waals surface area (Å²) in [5.74, 6) is -2.23. The van der Waals surface area contributed by atoms with Gasteiger partial charge in [-0.15, -0.1) is 8.78 Å². The van der Waals surface area contributed by atoms with Crippen molar-refractivity contribution in [1.29, 1.82) is 0 Å². The van der Waals surface area contributed by atoms with Gasteiger partial charge in [-0.2, -0.15) is 0 Å². The standard InChI is InChI=1S/C19H12F4N2O3S/c1-10-5-16-17(28-19(22,23)27-16)6-12(10)11-7-24-18(25-8-11)29(26)9-13-14(20)3-2-4-15(13)21/h2-8H,9H2,1H3. The van der Waals surface area contributed by atoms with Gasteiger partial charge in [0.2, 0.25) is 5.16 Å². The van der Waals surface area contributed by atoms with Crippen LogP contribution in [0.4, 0.5) is 17.6 Å². The van der Waals surface area contributed by atoms with Crippen molar-refractivity contribution in [2.24, 2.45) is 0 Å². The van der Waals surface area contributed by atoms with Crippen LogP contribution >= 0.6 is 0 Å². The van der Waals surface area contributed by atoms with Gasteiger partial charge in [-0.3, -0.25) is 4.21 Å². The summed E-state index contributed by atoms with van der Waals surface area (Å²) < 4.78 is 75.1. The van der Waals surface area contributed by atoms with E-state index in [2.05, 4.69) is 19.4 Å². The molecule has 0 saturated carbocycles. The molecule has 0 bridgehead atoms. The molecule has 1 aromatic heterocycles. The molecule has 1 unspecified atom stereocenters. The summed E-state index contributed by atoms with van der Waals surface area (Å²) in [4.78, 5) is 7.99. The first-order valence-corrected chi connectivity index (χ1v) is 9.59. The number of hydrogen-bond donors (Lipinski definition) is 0. The number of halogens is 4. The van der Waals surface area contributed by atoms with Gasteiger partial charge in [0.25, 0.3) is 0 Å². The first kappa shape index (κ1) is 19.3. The highest BCUT2D eigenvalue weighted by Crippen LogP contribution is 2.44. The molecule has 0 saturated heterocycles. The highest BCUT2D eigenvalue weighted by Gasteiger charge is 2.43. The average Bonchev–Trinajstić information content (AvgIpc) is 2.97. The zero-order chi connectivity index (χ0) is 20.8. The summed E-state index contributed by atoms with van der Waals surface area (Å²) in [6.45, 7) is 1.68. The summed E-state index contributed by atoms with van der Waals surface area (Å²) in [5.41, 5.74) is 1.27. The van der Waals surface area contributed by atoms with Gasteiger partial charge in [0, 0.05) is 23.5 Å². The molecule has 0 amide bonds. The molecule has 1 aliphatic rings. The van der Waals surface area contributed by atoms with Crippen molar-refractivity contribution in [3.63, 3.8) is 0 Å². The van der Waals surface area contributed by atoms with Crippen molar-refractivity contribution in [2.45, 2.75) is 24.1 Å². The molecule has 29 heavy (non-hydrogen) atoms. The quantitative estimate of drug-likeness (QED) is 0.460. The number of aromatic nitrogens is 2. The lowest BCUT2D eigenvalue weighted by Gasteiger charge is -2.08. The fourth-order valence-electron chi connectivity index (χ4n) is 2.85. The van der Waals surface area contributed by atoms with Crippen molar-refractivity contribution in [2.75, 3.05) is 0 Å². The number of benzene rings is 2. The van der Waals surface area contributed by atoms with Crippen LogP contribution in [0.25, 0.3) is 11.1 Å². The number of fused-ring (bicyclic) bond motifs is 1. The van der Waals surface area contributed by atoms with Crippen LogP contribution in [-0.4, -0.2) is 20.5 Å². The van der Waals surface area contributed by atoms with Crippen LogP contribution in [-0.2, 0) is 16.6 Å². The van der Waals surface area contributed by atoms with E-state index in [0.29, 0.717) is 16.7 Å². The molecular formula is C19H12F4N2O3S. The normalized spacial score (nSPS) is 15.3. The summed E-state index contributed by atoms with van der Waals surface area (Å²) >= 11 is 0. The van der Waals surface area contributed by atoms with E-state index in [9.17, 15) is 21.8 Å². The van der Waals surface area contributed by atoms with Crippen molar-refractivity contribution >= 4 is 10.8 Å². The Hall–Kier alpha value is -3.01. The van der Waals surface area contributed by atoms with Gasteiger partial charge in [-0.25, -0.2) is 18.7 Å². The molecule has 0 fully saturated rings. The Balaban J connectivity index is 1.58. The fourth-order valence-corrected chi connectivity index (χ4v) is 3.86. The van der Waals surface area contributed by atoms with Crippen LogP contribution in [0.5, 0.6) is 11.5 Å². The minimum Gasteiger partial charge on any atom is -0.395 e. The third kappa shape index (κ3) is 3.80. The second-order valence-corrected chi connectivity index (χ2v) is 7.57. The predicted octanol–water partition coefficient (Wildman–Crippen LogP) is 4.36. The van der Waals surface area contributed by atoms with Gasteiger partial charge < -0.3 is 9.47 Å². The second-order valence-electron chi connectivity index (χ2n) is 6.23. The molecule has 0 spiro atoms. The summed E-state index contributed by atoms with van der Waals surface area (Å²) in [6.07, 6.45) is -1.03. The fraction of sp³-hybridized carbons (Fsp3) is 0.158. The number of hydrogen-bond acceptors (Lipinski definition) is 5. The Morgan fingerprint density at radius 3 is 2.24 bits per heavy atom. The molecule has 3 aromatic rings. The summed E-state index contributed by atoms with van der Waals surface area (Å²) in [5, 5.41) is -0.110. The number of aryl methyl sites for hydroxylation is 1. The third-order valence-corrected chi connectivity index (χ3v) is 5.40. The van der Waals surface area contributed by atoms with Crippen LogP contribution in [0.2, 0.25) is 0 Å². The average molecular weight is 424 g/mol. The molecule has 10 heteroatoms. The zero-order valence-electron chi connectivity index (χ0n) is 14.8. The third-order valence-electron chi connectivity index (χ3n) is 4.23. The van der Waals surface area contributed by atoms with Crippen LogP contribution in [0.3, 0.4) is 0 Å². The van der Waals surface area contributed by atoms with Crippen molar-refractivity contribution < 1.29 is 31.2 Å². The minimum absolute atomic E-state index is 0.0817. The molecule has 0 aliphatic carbocycles. The molecule has 4 rings (SSSR count). The van der Waals surface area contributed by atoms with Crippen LogP contribution in [0.1, 0.15) is 11.1 Å². The highest BCUT2D eigenvalue weighted by atomic mass is 32.2. The maximum atomic E-state index is 13.7. The Labute approximate surface area is 164 Å². The maximum absolute atomic E-state index is 13.7. The highest BCUT2D eigenvalue weighted by molar-refractivity contribution is 7.84. The Morgan fingerprint density at radius 2 is 1.62 bits per heavy atom. The van der Waals surface area contributed by atoms with Crippen LogP contribution in [0.15, 0.2) is 47.9 Å². The lowest BCUT2D eigenvalue weighted by Crippen LogP contribution is -2.25. The topological polar surface area (TPSA) is 61.3 Å². The first-order valence-electron chi connectivity index (χ1n) is 8.28. The molecule has 5 nitrogen and oxygen atoms in total. The summed E-state index contributed by atoms with van der Waals surface area (Å²) in [7, 11) is -1.88. The molecule has 0 radical (unpaired) electrons. The number of nitrogens with zero attached hydrogens (tertiary/aromatic N) is 2. The minimum atomic E-state index is -3.73. The van der Waals surface area contributed by atoms with E-state index >= 15 is 0 Å². The van der Waals surface area contributed by atoms with E-state index in [-0.39, 0.29) is 22.2 Å². The van der Waals surface area contributed by atoms with Crippen molar-refractivity contribution in [1.82, 2.24) is 9.97 Å². The monoisotopic (exact) mass is 424 g/mol. The van der Waals surface area contributed by atoms with E-state index in [1.54, 1.807) is 6.92 Å². The van der Waals surface area contributed by atoms with Gasteiger partial charge in [0.05, 0.1) is 16.6 Å². The Kier molecular flexibility index (Phi) is 4.73. The van der Waals surface area contributed by atoms with Crippen LogP contribution in [0, 0.1) is 18.6 Å². The number of rotatable bonds is 4. The molecule has 0 N–H and O–H groups in total. The van der Waals surface area contributed by atoms with Gasteiger partial charge >= 0.3 is 6.29 Å². The number of alkyl halides is 2. The van der Waals surface area contributed by atoms with Gasteiger partial charge in [-0.05, 0) is 42.3 Å². The van der Waals surface area contributed by atoms with Gasteiger partial charge in [0.1, 0.15) is 11.6 Å². The molecule has 1 atom stereocenters. The molecule has 2 heterocycles. The predicted molar refractivity (Wildman–Crippen MR) is 94.9 cm³/mol. The van der Waals surface area contributed by atoms with E-state index < -0.39 is 34.5 Å². The number of ether oxygens (including phenoxy) is 2. The lowest BCUT2D eigenvalue weighted by atomic mass is 10.0. The maximum Gasteiger partial charge on any atom is 0.586 e. The largest absolute Gasteiger partial charge is 0.586 e. The van der Waals surface area contributed by atoms with E-state index in [1.807, 2.05) is 0 Å². The van der Waals surface area contributed by atoms with E-state index in [0.717, 1.165) is 12.1 Å². The smallest absolute Gasteiger partial charge is 0.395 e. The lowest BCUT2D eigenvalue weighted by molar-refractivity contribution is -0.286. The van der Waals surface area contributed by atoms with E-state index in [4.69, 9.17) is 0 Å². The SMILES string of the molecule is Cc1cc2c(cc1-c1cnc(S(=O)Cc3c(F)cccc3F)nc1)OC(F)(F)O2. The van der Waals surface area contributed by atoms with Crippen molar-refractivity contribution in [3.8, 4) is 22.6 Å². The molecule has 150 valence electrons. The Morgan fingerprint density at radius 1 is 1.03 bits per heavy atom. The second kappa shape index (κ2) is 7.11. The van der Waals surface area contributed by atoms with Gasteiger partial charge in [-0.1, -0.05) is 6.07 Å². The van der Waals surface area contributed by atoms with E-state index in [1.165, 1.54) is 30.6 Å². The van der Waals surface area contributed by atoms with Crippen molar-refractivity contribution in [3.05, 3.63) is 65.5 Å². The van der Waals surface area contributed by atoms with Crippen LogP contribution < -0.4 is 9.47 Å². The molecule has 2 aromatic carbocycles.